The number of hydrogen-bond acceptors (Lipinski definition) is 5. The van der Waals surface area contributed by atoms with Gasteiger partial charge in [-0.3, -0.25) is 19.3 Å². The molecule has 0 spiro atoms. The Balaban J connectivity index is 1.27. The molecule has 1 unspecified atom stereocenters. The van der Waals surface area contributed by atoms with Crippen LogP contribution < -0.4 is 19.7 Å². The molecule has 1 atom stereocenters. The van der Waals surface area contributed by atoms with Crippen LogP contribution in [0.4, 0.5) is 5.69 Å². The predicted molar refractivity (Wildman–Crippen MR) is 134 cm³/mol. The van der Waals surface area contributed by atoms with Gasteiger partial charge in [-0.1, -0.05) is 36.4 Å². The number of fused-ring (bicyclic) bond motifs is 5. The zero-order chi connectivity index (χ0) is 25.2. The highest BCUT2D eigenvalue weighted by Crippen LogP contribution is 2.45. The number of anilines is 1. The molecule has 0 bridgehead atoms. The molecule has 8 nitrogen and oxygen atoms in total. The summed E-state index contributed by atoms with van der Waals surface area (Å²) in [5.41, 5.74) is 3.42. The molecule has 3 amide bonds. The van der Waals surface area contributed by atoms with E-state index in [2.05, 4.69) is 5.32 Å². The molecular formula is C28H27N3O5. The van der Waals surface area contributed by atoms with E-state index >= 15 is 0 Å². The second-order valence-electron chi connectivity index (χ2n) is 8.72. The molecule has 36 heavy (non-hydrogen) atoms. The van der Waals surface area contributed by atoms with E-state index in [9.17, 15) is 14.4 Å². The first-order valence-electron chi connectivity index (χ1n) is 11.8. The van der Waals surface area contributed by atoms with E-state index in [1.165, 1.54) is 0 Å². The molecule has 2 aliphatic heterocycles. The van der Waals surface area contributed by atoms with Crippen LogP contribution in [-0.4, -0.2) is 43.4 Å². The number of hydrogen-bond donors (Lipinski definition) is 1. The van der Waals surface area contributed by atoms with Crippen molar-refractivity contribution in [3.05, 3.63) is 89.0 Å². The van der Waals surface area contributed by atoms with Gasteiger partial charge in [0, 0.05) is 30.6 Å². The summed E-state index contributed by atoms with van der Waals surface area (Å²) in [6.07, 6.45) is 0.207. The van der Waals surface area contributed by atoms with E-state index in [4.69, 9.17) is 9.47 Å². The van der Waals surface area contributed by atoms with E-state index in [-0.39, 0.29) is 24.1 Å². The van der Waals surface area contributed by atoms with Crippen LogP contribution in [0.15, 0.2) is 66.7 Å². The highest BCUT2D eigenvalue weighted by Gasteiger charge is 2.47. The van der Waals surface area contributed by atoms with E-state index in [1.54, 1.807) is 48.3 Å². The Morgan fingerprint density at radius 2 is 1.61 bits per heavy atom. The molecule has 1 N–H and O–H groups in total. The summed E-state index contributed by atoms with van der Waals surface area (Å²) in [6.45, 7) is 0.702. The van der Waals surface area contributed by atoms with E-state index in [0.717, 1.165) is 11.1 Å². The SMILES string of the molecule is COc1ccc(CNC(=O)CCCN2C(=O)c3ccccc3N3C(=O)c4ccccc4C23)cc1OC. The van der Waals surface area contributed by atoms with E-state index in [1.807, 2.05) is 42.5 Å². The molecule has 2 aliphatic rings. The van der Waals surface area contributed by atoms with Gasteiger partial charge in [0.2, 0.25) is 5.91 Å². The number of nitrogens with zero attached hydrogens (tertiary/aromatic N) is 2. The Bertz CT molecular complexity index is 1340. The molecule has 2 heterocycles. The number of amides is 3. The van der Waals surface area contributed by atoms with Crippen molar-refractivity contribution in [2.45, 2.75) is 25.6 Å². The fraction of sp³-hybridized carbons (Fsp3) is 0.250. The average molecular weight is 486 g/mol. The van der Waals surface area contributed by atoms with Crippen LogP contribution in [0, 0.1) is 0 Å². The maximum Gasteiger partial charge on any atom is 0.260 e. The van der Waals surface area contributed by atoms with Crippen LogP contribution in [0.1, 0.15) is 50.9 Å². The van der Waals surface area contributed by atoms with Crippen molar-refractivity contribution in [3.63, 3.8) is 0 Å². The molecule has 5 rings (SSSR count). The molecule has 0 saturated heterocycles. The van der Waals surface area contributed by atoms with Crippen LogP contribution in [-0.2, 0) is 11.3 Å². The molecular weight excluding hydrogens is 458 g/mol. The molecule has 184 valence electrons. The third-order valence-electron chi connectivity index (χ3n) is 6.62. The monoisotopic (exact) mass is 485 g/mol. The molecule has 0 radical (unpaired) electrons. The Morgan fingerprint density at radius 1 is 0.889 bits per heavy atom. The summed E-state index contributed by atoms with van der Waals surface area (Å²) in [5.74, 6) is 0.857. The molecule has 8 heteroatoms. The number of para-hydroxylation sites is 1. The van der Waals surface area contributed by atoms with Gasteiger partial charge in [-0.05, 0) is 42.3 Å². The van der Waals surface area contributed by atoms with Gasteiger partial charge in [-0.15, -0.1) is 0 Å². The Morgan fingerprint density at radius 3 is 2.39 bits per heavy atom. The lowest BCUT2D eigenvalue weighted by Gasteiger charge is -2.41. The smallest absolute Gasteiger partial charge is 0.260 e. The van der Waals surface area contributed by atoms with Crippen LogP contribution in [0.2, 0.25) is 0 Å². The summed E-state index contributed by atoms with van der Waals surface area (Å²) in [5, 5.41) is 2.92. The van der Waals surface area contributed by atoms with Gasteiger partial charge < -0.3 is 19.7 Å². The second-order valence-corrected chi connectivity index (χ2v) is 8.72. The van der Waals surface area contributed by atoms with Crippen molar-refractivity contribution < 1.29 is 23.9 Å². The molecule has 3 aromatic carbocycles. The fourth-order valence-corrected chi connectivity index (χ4v) is 4.89. The molecule has 0 aliphatic carbocycles. The summed E-state index contributed by atoms with van der Waals surface area (Å²) in [7, 11) is 3.14. The normalized spacial score (nSPS) is 15.8. The standard InChI is InChI=1S/C28H27N3O5/c1-35-23-14-13-18(16-24(23)36-2)17-29-25(32)12-7-15-30-26-19-8-3-4-9-20(19)28(34)31(26)22-11-6-5-10-21(22)27(30)33/h3-6,8-11,13-14,16,26H,7,12,15,17H2,1-2H3,(H,29,32). The topological polar surface area (TPSA) is 88.2 Å². The Kier molecular flexibility index (Phi) is 6.33. The van der Waals surface area contributed by atoms with Gasteiger partial charge in [-0.25, -0.2) is 0 Å². The van der Waals surface area contributed by atoms with Gasteiger partial charge >= 0.3 is 0 Å². The van der Waals surface area contributed by atoms with Crippen LogP contribution in [0.3, 0.4) is 0 Å². The van der Waals surface area contributed by atoms with Crippen molar-refractivity contribution in [1.82, 2.24) is 10.2 Å². The van der Waals surface area contributed by atoms with Crippen molar-refractivity contribution in [2.24, 2.45) is 0 Å². The molecule has 0 fully saturated rings. The van der Waals surface area contributed by atoms with Crippen LogP contribution in [0.25, 0.3) is 0 Å². The van der Waals surface area contributed by atoms with Gasteiger partial charge in [0.05, 0.1) is 25.5 Å². The third kappa shape index (κ3) is 4.04. The zero-order valence-corrected chi connectivity index (χ0v) is 20.2. The van der Waals surface area contributed by atoms with Gasteiger partial charge in [-0.2, -0.15) is 0 Å². The predicted octanol–water partition coefficient (Wildman–Crippen LogP) is 3.92. The first kappa shape index (κ1) is 23.4. The van der Waals surface area contributed by atoms with Crippen molar-refractivity contribution >= 4 is 23.4 Å². The number of benzene rings is 3. The highest BCUT2D eigenvalue weighted by molar-refractivity contribution is 6.16. The summed E-state index contributed by atoms with van der Waals surface area (Å²) in [4.78, 5) is 42.6. The number of rotatable bonds is 8. The quantitative estimate of drug-likeness (QED) is 0.523. The van der Waals surface area contributed by atoms with Crippen LogP contribution in [0.5, 0.6) is 11.5 Å². The van der Waals surface area contributed by atoms with E-state index in [0.29, 0.717) is 47.8 Å². The number of nitrogens with one attached hydrogen (secondary N) is 1. The summed E-state index contributed by atoms with van der Waals surface area (Å²) >= 11 is 0. The first-order valence-corrected chi connectivity index (χ1v) is 11.8. The number of carbonyl (C=O) groups is 3. The molecule has 0 aromatic heterocycles. The lowest BCUT2D eigenvalue weighted by atomic mass is 10.0. The summed E-state index contributed by atoms with van der Waals surface area (Å²) < 4.78 is 10.6. The third-order valence-corrected chi connectivity index (χ3v) is 6.62. The first-order chi connectivity index (χ1) is 17.5. The van der Waals surface area contributed by atoms with Gasteiger partial charge in [0.1, 0.15) is 6.17 Å². The lowest BCUT2D eigenvalue weighted by Crippen LogP contribution is -2.48. The second kappa shape index (κ2) is 9.73. The maximum absolute atomic E-state index is 13.4. The van der Waals surface area contributed by atoms with Crippen molar-refractivity contribution in [1.29, 1.82) is 0 Å². The number of methoxy groups -OCH3 is 2. The van der Waals surface area contributed by atoms with Gasteiger partial charge in [0.25, 0.3) is 11.8 Å². The van der Waals surface area contributed by atoms with Crippen molar-refractivity contribution in [3.8, 4) is 11.5 Å². The number of carbonyl (C=O) groups excluding carboxylic acids is 3. The molecule has 3 aromatic rings. The number of ether oxygens (including phenoxy) is 2. The highest BCUT2D eigenvalue weighted by atomic mass is 16.5. The average Bonchev–Trinajstić information content (AvgIpc) is 3.21. The van der Waals surface area contributed by atoms with Gasteiger partial charge in [0.15, 0.2) is 11.5 Å². The minimum Gasteiger partial charge on any atom is -0.493 e. The summed E-state index contributed by atoms with van der Waals surface area (Å²) in [6, 6.07) is 20.1. The largest absolute Gasteiger partial charge is 0.493 e. The lowest BCUT2D eigenvalue weighted by molar-refractivity contribution is -0.121. The van der Waals surface area contributed by atoms with E-state index < -0.39 is 6.17 Å². The molecule has 0 saturated carbocycles. The minimum atomic E-state index is -0.508. The minimum absolute atomic E-state index is 0.116. The Hall–Kier alpha value is -4.33. The van der Waals surface area contributed by atoms with Crippen LogP contribution >= 0.6 is 0 Å². The zero-order valence-electron chi connectivity index (χ0n) is 20.2. The Labute approximate surface area is 209 Å². The van der Waals surface area contributed by atoms with Crippen molar-refractivity contribution in [2.75, 3.05) is 25.7 Å². The fourth-order valence-electron chi connectivity index (χ4n) is 4.89. The maximum atomic E-state index is 13.4.